The molecule has 1 aromatic heterocycles. The van der Waals surface area contributed by atoms with Crippen LogP contribution in [0, 0.1) is 0 Å². The zero-order valence-electron chi connectivity index (χ0n) is 41.3. The first kappa shape index (κ1) is 40.7. The topological polar surface area (TPSA) is 8.17 Å². The van der Waals surface area contributed by atoms with Gasteiger partial charge in [0.25, 0.3) is 0 Å². The van der Waals surface area contributed by atoms with E-state index in [-0.39, 0.29) is 0 Å². The Labute approximate surface area is 439 Å². The molecule has 0 bridgehead atoms. The summed E-state index contributed by atoms with van der Waals surface area (Å²) in [6.45, 7) is 0. The number of para-hydroxylation sites is 3. The number of anilines is 3. The van der Waals surface area contributed by atoms with Crippen LogP contribution in [0.1, 0.15) is 44.5 Å². The summed E-state index contributed by atoms with van der Waals surface area (Å²) in [4.78, 5) is 2.64. The van der Waals surface area contributed by atoms with E-state index < -0.39 is 10.8 Å². The highest BCUT2D eigenvalue weighted by Crippen LogP contribution is 2.66. The Balaban J connectivity index is 0.986. The van der Waals surface area contributed by atoms with Crippen LogP contribution in [0.4, 0.5) is 17.1 Å². The fourth-order valence-corrected chi connectivity index (χ4v) is 15.4. The Morgan fingerprint density at radius 1 is 0.276 bits per heavy atom. The van der Waals surface area contributed by atoms with E-state index in [1.54, 1.807) is 0 Å². The van der Waals surface area contributed by atoms with E-state index in [9.17, 15) is 0 Å². The smallest absolute Gasteiger partial charge is 0.0755 e. The van der Waals surface area contributed by atoms with Gasteiger partial charge in [-0.3, -0.25) is 0 Å². The monoisotopic (exact) mass is 960 g/mol. The SMILES string of the molecule is c1ccc2c(c1)-c1ccccc1C21c2cc(N(c3cccc4c3-c3ccccc3C43c4ccccc4-n4c5ccccc5c5cccc3c54)c3cc4ccccc4c4ccccc34)ccc2-c2c1ccc1ccccc21. The van der Waals surface area contributed by atoms with Crippen LogP contribution < -0.4 is 4.90 Å². The molecule has 2 spiro atoms. The van der Waals surface area contributed by atoms with Crippen LogP contribution in [0.15, 0.2) is 267 Å². The Bertz CT molecular complexity index is 4870. The highest BCUT2D eigenvalue weighted by Gasteiger charge is 2.54. The fraction of sp³-hybridized carbons (Fsp3) is 0.0270. The van der Waals surface area contributed by atoms with Gasteiger partial charge in [-0.25, -0.2) is 0 Å². The van der Waals surface area contributed by atoms with Gasteiger partial charge in [-0.15, -0.1) is 0 Å². The Morgan fingerprint density at radius 3 is 1.62 bits per heavy atom. The first-order valence-corrected chi connectivity index (χ1v) is 26.7. The Morgan fingerprint density at radius 2 is 0.816 bits per heavy atom. The maximum atomic E-state index is 2.64. The second kappa shape index (κ2) is 14.5. The summed E-state index contributed by atoms with van der Waals surface area (Å²) in [5, 5.41) is 10.0. The van der Waals surface area contributed by atoms with Gasteiger partial charge in [0.15, 0.2) is 0 Å². The molecule has 350 valence electrons. The molecule has 1 aliphatic heterocycles. The van der Waals surface area contributed by atoms with Crippen molar-refractivity contribution in [2.75, 3.05) is 4.90 Å². The van der Waals surface area contributed by atoms with Crippen molar-refractivity contribution in [2.24, 2.45) is 0 Å². The number of hydrogen-bond donors (Lipinski definition) is 0. The lowest BCUT2D eigenvalue weighted by atomic mass is 9.65. The molecule has 1 atom stereocenters. The molecular formula is C74H44N2. The van der Waals surface area contributed by atoms with Gasteiger partial charge in [-0.05, 0) is 136 Å². The summed E-state index contributed by atoms with van der Waals surface area (Å²) in [6.07, 6.45) is 0. The molecule has 0 fully saturated rings. The van der Waals surface area contributed by atoms with Crippen molar-refractivity contribution in [3.63, 3.8) is 0 Å². The minimum atomic E-state index is -0.610. The van der Waals surface area contributed by atoms with Crippen LogP contribution in [-0.4, -0.2) is 4.57 Å². The molecule has 0 radical (unpaired) electrons. The summed E-state index contributed by atoms with van der Waals surface area (Å²) in [6, 6.07) is 102. The maximum Gasteiger partial charge on any atom is 0.0755 e. The summed E-state index contributed by atoms with van der Waals surface area (Å²) >= 11 is 0. The van der Waals surface area contributed by atoms with E-state index in [4.69, 9.17) is 0 Å². The molecule has 2 heterocycles. The van der Waals surface area contributed by atoms with E-state index in [1.165, 1.54) is 138 Å². The van der Waals surface area contributed by atoms with Crippen molar-refractivity contribution in [2.45, 2.75) is 10.8 Å². The summed E-state index contributed by atoms with van der Waals surface area (Å²) in [5.41, 5.74) is 24.3. The lowest BCUT2D eigenvalue weighted by Gasteiger charge is -2.39. The zero-order chi connectivity index (χ0) is 49.4. The van der Waals surface area contributed by atoms with Gasteiger partial charge < -0.3 is 9.47 Å². The van der Waals surface area contributed by atoms with E-state index in [0.29, 0.717) is 0 Å². The van der Waals surface area contributed by atoms with Crippen LogP contribution >= 0.6 is 0 Å². The average molecular weight is 961 g/mol. The van der Waals surface area contributed by atoms with Gasteiger partial charge in [-0.1, -0.05) is 231 Å². The third-order valence-corrected chi connectivity index (χ3v) is 18.1. The van der Waals surface area contributed by atoms with E-state index in [0.717, 1.165) is 17.1 Å². The molecule has 18 rings (SSSR count). The van der Waals surface area contributed by atoms with Crippen LogP contribution in [0.25, 0.3) is 93.2 Å². The van der Waals surface area contributed by atoms with Crippen molar-refractivity contribution in [3.05, 3.63) is 311 Å². The van der Waals surface area contributed by atoms with Crippen molar-refractivity contribution in [1.29, 1.82) is 0 Å². The lowest BCUT2D eigenvalue weighted by Crippen LogP contribution is -2.33. The van der Waals surface area contributed by atoms with Crippen molar-refractivity contribution in [3.8, 4) is 39.1 Å². The molecule has 0 saturated heterocycles. The third-order valence-electron chi connectivity index (χ3n) is 18.1. The van der Waals surface area contributed by atoms with Gasteiger partial charge in [-0.2, -0.15) is 0 Å². The van der Waals surface area contributed by atoms with Crippen LogP contribution in [0.5, 0.6) is 0 Å². The van der Waals surface area contributed by atoms with Gasteiger partial charge in [0.2, 0.25) is 0 Å². The summed E-state index contributed by atoms with van der Waals surface area (Å²) in [7, 11) is 0. The van der Waals surface area contributed by atoms with Crippen molar-refractivity contribution < 1.29 is 0 Å². The summed E-state index contributed by atoms with van der Waals surface area (Å²) < 4.78 is 2.54. The van der Waals surface area contributed by atoms with Gasteiger partial charge in [0.05, 0.1) is 38.9 Å². The highest BCUT2D eigenvalue weighted by atomic mass is 15.1. The highest BCUT2D eigenvalue weighted by molar-refractivity contribution is 6.17. The van der Waals surface area contributed by atoms with Crippen molar-refractivity contribution >= 4 is 71.2 Å². The zero-order valence-corrected chi connectivity index (χ0v) is 41.3. The number of nitrogens with zero attached hydrogens (tertiary/aromatic N) is 2. The van der Waals surface area contributed by atoms with Gasteiger partial charge in [0, 0.05) is 27.4 Å². The first-order chi connectivity index (χ1) is 37.7. The molecule has 2 heteroatoms. The molecule has 4 aliphatic rings. The average Bonchev–Trinajstić information content (AvgIpc) is 4.36. The standard InChI is InChI=1S/C74H44N2/c1-4-22-49-45(19-1)39-42-63-70(49)57-41-40-47(44-65(57)73(63)58-30-11-7-24-51(58)52-25-8-12-31-59(52)73)75(69-43-46-20-2-3-21-48(46)50-23-5-6-26-53(50)69)68-38-18-34-62-71(68)56-28-9-13-32-60(56)74(62)61-33-14-16-37-67(61)76-66-36-15-10-27-54(66)55-29-17-35-64(74)72(55)76/h1-44H. The lowest BCUT2D eigenvalue weighted by molar-refractivity contribution is 0.748. The quantitative estimate of drug-likeness (QED) is 0.160. The molecule has 0 saturated carbocycles. The largest absolute Gasteiger partial charge is 0.309 e. The molecule has 2 nitrogen and oxygen atoms in total. The normalized spacial score (nSPS) is 15.5. The third kappa shape index (κ3) is 4.76. The van der Waals surface area contributed by atoms with Crippen LogP contribution in [0.2, 0.25) is 0 Å². The Hall–Kier alpha value is -9.76. The second-order valence-electron chi connectivity index (χ2n) is 21.3. The van der Waals surface area contributed by atoms with Crippen molar-refractivity contribution in [1.82, 2.24) is 4.57 Å². The molecule has 0 N–H and O–H groups in total. The molecule has 0 amide bonds. The first-order valence-electron chi connectivity index (χ1n) is 26.7. The van der Waals surface area contributed by atoms with E-state index >= 15 is 0 Å². The maximum absolute atomic E-state index is 2.64. The molecule has 1 unspecified atom stereocenters. The van der Waals surface area contributed by atoms with E-state index in [2.05, 4.69) is 276 Å². The molecule has 3 aliphatic carbocycles. The predicted molar refractivity (Wildman–Crippen MR) is 315 cm³/mol. The number of rotatable bonds is 3. The minimum absolute atomic E-state index is 0.548. The predicted octanol–water partition coefficient (Wildman–Crippen LogP) is 18.7. The fourth-order valence-electron chi connectivity index (χ4n) is 15.4. The van der Waals surface area contributed by atoms with Gasteiger partial charge in [0.1, 0.15) is 0 Å². The number of fused-ring (bicyclic) bond motifs is 27. The van der Waals surface area contributed by atoms with E-state index in [1.807, 2.05) is 0 Å². The molecular weight excluding hydrogens is 917 g/mol. The molecule has 14 aromatic rings. The summed E-state index contributed by atoms with van der Waals surface area (Å²) in [5.74, 6) is 0. The van der Waals surface area contributed by atoms with Crippen LogP contribution in [-0.2, 0) is 10.8 Å². The number of aromatic nitrogens is 1. The number of benzene rings is 13. The van der Waals surface area contributed by atoms with Gasteiger partial charge >= 0.3 is 0 Å². The Kier molecular flexibility index (Phi) is 7.77. The molecule has 13 aromatic carbocycles. The number of hydrogen-bond acceptors (Lipinski definition) is 1. The minimum Gasteiger partial charge on any atom is -0.309 e. The molecule has 76 heavy (non-hydrogen) atoms. The second-order valence-corrected chi connectivity index (χ2v) is 21.3. The van der Waals surface area contributed by atoms with Crippen LogP contribution in [0.3, 0.4) is 0 Å².